The van der Waals surface area contributed by atoms with Crippen LogP contribution in [0.15, 0.2) is 42.6 Å². The van der Waals surface area contributed by atoms with Gasteiger partial charge in [0.05, 0.1) is 0 Å². The fourth-order valence-electron chi connectivity index (χ4n) is 3.96. The molecular weight excluding hydrogens is 352 g/mol. The van der Waals surface area contributed by atoms with Crippen molar-refractivity contribution in [1.82, 2.24) is 19.7 Å². The molecule has 0 saturated carbocycles. The van der Waals surface area contributed by atoms with Gasteiger partial charge in [-0.05, 0) is 36.2 Å². The molecule has 2 amide bonds. The summed E-state index contributed by atoms with van der Waals surface area (Å²) in [5, 5.41) is 0. The van der Waals surface area contributed by atoms with E-state index in [-0.39, 0.29) is 11.8 Å². The van der Waals surface area contributed by atoms with Gasteiger partial charge in [-0.25, -0.2) is 0 Å². The van der Waals surface area contributed by atoms with Crippen LogP contribution in [0, 0.1) is 0 Å². The van der Waals surface area contributed by atoms with Crippen molar-refractivity contribution < 1.29 is 9.59 Å². The summed E-state index contributed by atoms with van der Waals surface area (Å²) in [6.45, 7) is 7.61. The first kappa shape index (κ1) is 18.6. The minimum atomic E-state index is -0.0885. The molecule has 1 aromatic heterocycles. The fraction of sp³-hybridized carbons (Fsp3) is 0.409. The summed E-state index contributed by atoms with van der Waals surface area (Å²) in [6, 6.07) is 11.6. The van der Waals surface area contributed by atoms with Crippen LogP contribution in [-0.4, -0.2) is 70.8 Å². The maximum absolute atomic E-state index is 13.0. The van der Waals surface area contributed by atoms with Gasteiger partial charge in [0, 0.05) is 51.0 Å². The van der Waals surface area contributed by atoms with Crippen LogP contribution in [0.1, 0.15) is 38.9 Å². The van der Waals surface area contributed by atoms with Crippen molar-refractivity contribution in [2.45, 2.75) is 19.9 Å². The predicted octanol–water partition coefficient (Wildman–Crippen LogP) is 2.06. The van der Waals surface area contributed by atoms with Gasteiger partial charge >= 0.3 is 0 Å². The van der Waals surface area contributed by atoms with Gasteiger partial charge in [-0.2, -0.15) is 0 Å². The molecule has 2 aliphatic heterocycles. The minimum Gasteiger partial charge on any atom is -0.335 e. The summed E-state index contributed by atoms with van der Waals surface area (Å²) in [6.07, 6.45) is 2.43. The Balaban J connectivity index is 1.46. The third-order valence-electron chi connectivity index (χ3n) is 5.75. The normalized spacial score (nSPS) is 17.3. The number of rotatable bonds is 3. The molecule has 2 aliphatic rings. The smallest absolute Gasteiger partial charge is 0.272 e. The van der Waals surface area contributed by atoms with E-state index in [9.17, 15) is 9.59 Å². The van der Waals surface area contributed by atoms with Gasteiger partial charge in [0.25, 0.3) is 11.8 Å². The number of aromatic nitrogens is 1. The number of fused-ring (bicyclic) bond motifs is 1. The van der Waals surface area contributed by atoms with Crippen LogP contribution in [0.25, 0.3) is 0 Å². The van der Waals surface area contributed by atoms with Crippen molar-refractivity contribution in [1.29, 1.82) is 0 Å². The summed E-state index contributed by atoms with van der Waals surface area (Å²) in [5.74, 6) is -0.129. The molecular formula is C22H26N4O2. The van der Waals surface area contributed by atoms with E-state index < -0.39 is 0 Å². The lowest BCUT2D eigenvalue weighted by Gasteiger charge is -2.34. The van der Waals surface area contributed by atoms with Gasteiger partial charge in [-0.3, -0.25) is 14.6 Å². The first-order valence-corrected chi connectivity index (χ1v) is 9.99. The van der Waals surface area contributed by atoms with Gasteiger partial charge < -0.3 is 14.7 Å². The van der Waals surface area contributed by atoms with Crippen LogP contribution >= 0.6 is 0 Å². The van der Waals surface area contributed by atoms with E-state index >= 15 is 0 Å². The lowest BCUT2D eigenvalue weighted by Crippen LogP contribution is -2.48. The predicted molar refractivity (Wildman–Crippen MR) is 107 cm³/mol. The third kappa shape index (κ3) is 3.78. The largest absolute Gasteiger partial charge is 0.335 e. The van der Waals surface area contributed by atoms with E-state index in [1.54, 1.807) is 18.3 Å². The number of piperazine rings is 1. The Bertz CT molecular complexity index is 874. The molecule has 0 radical (unpaired) electrons. The Labute approximate surface area is 165 Å². The number of likely N-dealkylation sites (N-methyl/N-ethyl adjacent to an activating group) is 1. The minimum absolute atomic E-state index is 0.0400. The molecule has 6 heteroatoms. The highest BCUT2D eigenvalue weighted by Gasteiger charge is 2.25. The SMILES string of the molecule is CCN1CCN(C(=O)c2cc(C(=O)N3CCc4ccccc4C3)ccn2)CC1. The Morgan fingerprint density at radius 3 is 2.43 bits per heavy atom. The number of nitrogens with zero attached hydrogens (tertiary/aromatic N) is 4. The number of hydrogen-bond acceptors (Lipinski definition) is 4. The molecule has 0 aliphatic carbocycles. The van der Waals surface area contributed by atoms with Crippen LogP contribution in [0.2, 0.25) is 0 Å². The Hall–Kier alpha value is -2.73. The number of carbonyl (C=O) groups is 2. The molecule has 1 fully saturated rings. The van der Waals surface area contributed by atoms with Gasteiger partial charge in [-0.15, -0.1) is 0 Å². The van der Waals surface area contributed by atoms with Crippen LogP contribution < -0.4 is 0 Å². The average Bonchev–Trinajstić information content (AvgIpc) is 2.78. The average molecular weight is 378 g/mol. The number of carbonyl (C=O) groups excluding carboxylic acids is 2. The Morgan fingerprint density at radius 2 is 1.68 bits per heavy atom. The van der Waals surface area contributed by atoms with Gasteiger partial charge in [0.15, 0.2) is 0 Å². The molecule has 6 nitrogen and oxygen atoms in total. The van der Waals surface area contributed by atoms with Crippen LogP contribution in [-0.2, 0) is 13.0 Å². The van der Waals surface area contributed by atoms with Crippen LogP contribution in [0.4, 0.5) is 0 Å². The fourth-order valence-corrected chi connectivity index (χ4v) is 3.96. The second-order valence-corrected chi connectivity index (χ2v) is 7.40. The molecule has 3 heterocycles. The molecule has 0 N–H and O–H groups in total. The van der Waals surface area contributed by atoms with E-state index in [1.807, 2.05) is 21.9 Å². The lowest BCUT2D eigenvalue weighted by atomic mass is 9.99. The first-order valence-electron chi connectivity index (χ1n) is 9.99. The molecule has 0 atom stereocenters. The number of hydrogen-bond donors (Lipinski definition) is 0. The zero-order valence-electron chi connectivity index (χ0n) is 16.3. The van der Waals surface area contributed by atoms with Crippen molar-refractivity contribution in [3.8, 4) is 0 Å². The van der Waals surface area contributed by atoms with Gasteiger partial charge in [0.1, 0.15) is 5.69 Å². The van der Waals surface area contributed by atoms with E-state index in [1.165, 1.54) is 11.1 Å². The molecule has 4 rings (SSSR count). The maximum Gasteiger partial charge on any atom is 0.272 e. The second kappa shape index (κ2) is 8.10. The van der Waals surface area contributed by atoms with Gasteiger partial charge in [-0.1, -0.05) is 31.2 Å². The molecule has 28 heavy (non-hydrogen) atoms. The van der Waals surface area contributed by atoms with Crippen molar-refractivity contribution in [3.05, 3.63) is 65.0 Å². The standard InChI is InChI=1S/C22H26N4O2/c1-2-24-11-13-25(14-12-24)22(28)20-15-18(7-9-23-20)21(27)26-10-8-17-5-3-4-6-19(17)16-26/h3-7,9,15H,2,8,10-14,16H2,1H3. The topological polar surface area (TPSA) is 56.8 Å². The van der Waals surface area contributed by atoms with Crippen LogP contribution in [0.5, 0.6) is 0 Å². The zero-order valence-corrected chi connectivity index (χ0v) is 16.3. The Kier molecular flexibility index (Phi) is 5.39. The van der Waals surface area contributed by atoms with Crippen LogP contribution in [0.3, 0.4) is 0 Å². The summed E-state index contributed by atoms with van der Waals surface area (Å²) in [4.78, 5) is 36.1. The zero-order chi connectivity index (χ0) is 19.5. The number of benzene rings is 1. The molecule has 1 aromatic carbocycles. The highest BCUT2D eigenvalue weighted by atomic mass is 16.2. The monoisotopic (exact) mass is 378 g/mol. The molecule has 0 spiro atoms. The molecule has 0 bridgehead atoms. The maximum atomic E-state index is 13.0. The summed E-state index contributed by atoms with van der Waals surface area (Å²) in [5.41, 5.74) is 3.39. The van der Waals surface area contributed by atoms with E-state index in [0.717, 1.165) is 26.1 Å². The van der Waals surface area contributed by atoms with E-state index in [4.69, 9.17) is 0 Å². The van der Waals surface area contributed by atoms with E-state index in [2.05, 4.69) is 28.9 Å². The summed E-state index contributed by atoms with van der Waals surface area (Å²) in [7, 11) is 0. The van der Waals surface area contributed by atoms with Crippen molar-refractivity contribution in [2.75, 3.05) is 39.3 Å². The molecule has 2 aromatic rings. The second-order valence-electron chi connectivity index (χ2n) is 7.40. The quantitative estimate of drug-likeness (QED) is 0.820. The van der Waals surface area contributed by atoms with E-state index in [0.29, 0.717) is 37.4 Å². The highest BCUT2D eigenvalue weighted by molar-refractivity contribution is 5.98. The Morgan fingerprint density at radius 1 is 0.929 bits per heavy atom. The van der Waals surface area contributed by atoms with Crippen molar-refractivity contribution >= 4 is 11.8 Å². The number of amides is 2. The summed E-state index contributed by atoms with van der Waals surface area (Å²) >= 11 is 0. The van der Waals surface area contributed by atoms with Gasteiger partial charge in [0.2, 0.25) is 0 Å². The highest BCUT2D eigenvalue weighted by Crippen LogP contribution is 2.20. The molecule has 1 saturated heterocycles. The lowest BCUT2D eigenvalue weighted by molar-refractivity contribution is 0.0637. The summed E-state index contributed by atoms with van der Waals surface area (Å²) < 4.78 is 0. The van der Waals surface area contributed by atoms with Crippen molar-refractivity contribution in [3.63, 3.8) is 0 Å². The third-order valence-corrected chi connectivity index (χ3v) is 5.75. The molecule has 0 unspecified atom stereocenters. The van der Waals surface area contributed by atoms with Crippen molar-refractivity contribution in [2.24, 2.45) is 0 Å². The molecule has 146 valence electrons. The number of pyridine rings is 1. The first-order chi connectivity index (χ1) is 13.7.